The Labute approximate surface area is 110 Å². The van der Waals surface area contributed by atoms with Gasteiger partial charge in [0.25, 0.3) is 0 Å². The lowest BCUT2D eigenvalue weighted by Crippen LogP contribution is -2.42. The van der Waals surface area contributed by atoms with Gasteiger partial charge >= 0.3 is 0 Å². The number of nitrogens with zero attached hydrogens (tertiary/aromatic N) is 2. The van der Waals surface area contributed by atoms with Crippen LogP contribution in [0.15, 0.2) is 5.16 Å². The van der Waals surface area contributed by atoms with Crippen molar-refractivity contribution >= 4 is 5.84 Å². The number of hydrogen-bond donors (Lipinski definition) is 2. The molecule has 0 aromatic heterocycles. The minimum atomic E-state index is 0.194. The molecule has 5 nitrogen and oxygen atoms in total. The molecule has 1 rings (SSSR count). The second-order valence-corrected chi connectivity index (χ2v) is 5.46. The van der Waals surface area contributed by atoms with E-state index in [2.05, 4.69) is 23.9 Å². The fraction of sp³-hybridized carbons (Fsp3) is 0.923. The maximum absolute atomic E-state index is 8.69. The quantitative estimate of drug-likeness (QED) is 0.238. The molecule has 1 unspecified atom stereocenters. The summed E-state index contributed by atoms with van der Waals surface area (Å²) in [4.78, 5) is 2.33. The summed E-state index contributed by atoms with van der Waals surface area (Å²) in [6, 6.07) is 0. The number of amidine groups is 1. The fourth-order valence-corrected chi connectivity index (χ4v) is 2.20. The van der Waals surface area contributed by atoms with E-state index < -0.39 is 0 Å². The number of ether oxygens (including phenoxy) is 1. The number of oxime groups is 1. The molecule has 18 heavy (non-hydrogen) atoms. The molecule has 106 valence electrons. The summed E-state index contributed by atoms with van der Waals surface area (Å²) in [5.41, 5.74) is 5.66. The first-order valence-electron chi connectivity index (χ1n) is 6.91. The summed E-state index contributed by atoms with van der Waals surface area (Å²) < 4.78 is 5.62. The Balaban J connectivity index is 2.14. The molecular weight excluding hydrogens is 230 g/mol. The van der Waals surface area contributed by atoms with Crippen LogP contribution in [-0.4, -0.2) is 48.8 Å². The Bertz CT molecular complexity index is 257. The van der Waals surface area contributed by atoms with Crippen molar-refractivity contribution < 1.29 is 9.94 Å². The third kappa shape index (κ3) is 5.69. The van der Waals surface area contributed by atoms with Crippen LogP contribution in [0.3, 0.4) is 0 Å². The summed E-state index contributed by atoms with van der Waals surface area (Å²) in [6.07, 6.45) is 3.24. The predicted molar refractivity (Wildman–Crippen MR) is 72.8 cm³/mol. The van der Waals surface area contributed by atoms with E-state index >= 15 is 0 Å². The topological polar surface area (TPSA) is 71.1 Å². The van der Waals surface area contributed by atoms with Gasteiger partial charge in [-0.25, -0.2) is 0 Å². The standard InChI is InChI=1S/C13H27N3O2/c1-11(2)5-8-18-9-7-16-6-3-4-12(10-16)13(14)15-17/h11-12,17H,3-10H2,1-2H3,(H2,14,15). The molecule has 0 aromatic carbocycles. The summed E-state index contributed by atoms with van der Waals surface area (Å²) in [5.74, 6) is 1.25. The largest absolute Gasteiger partial charge is 0.409 e. The van der Waals surface area contributed by atoms with E-state index in [9.17, 15) is 0 Å². The highest BCUT2D eigenvalue weighted by Gasteiger charge is 2.22. The zero-order valence-corrected chi connectivity index (χ0v) is 11.6. The smallest absolute Gasteiger partial charge is 0.143 e. The molecule has 1 saturated heterocycles. The monoisotopic (exact) mass is 257 g/mol. The zero-order valence-electron chi connectivity index (χ0n) is 11.6. The van der Waals surface area contributed by atoms with Gasteiger partial charge in [-0.1, -0.05) is 19.0 Å². The maximum atomic E-state index is 8.69. The fourth-order valence-electron chi connectivity index (χ4n) is 2.20. The highest BCUT2D eigenvalue weighted by atomic mass is 16.5. The lowest BCUT2D eigenvalue weighted by atomic mass is 9.97. The SMILES string of the molecule is CC(C)CCOCCN1CCCC(C(N)=NO)C1. The van der Waals surface area contributed by atoms with E-state index in [0.29, 0.717) is 11.8 Å². The van der Waals surface area contributed by atoms with Crippen LogP contribution in [0.1, 0.15) is 33.1 Å². The Morgan fingerprint density at radius 1 is 1.50 bits per heavy atom. The Morgan fingerprint density at radius 3 is 2.94 bits per heavy atom. The molecule has 1 fully saturated rings. The lowest BCUT2D eigenvalue weighted by Gasteiger charge is -2.31. The number of piperidine rings is 1. The molecule has 1 aliphatic rings. The molecule has 0 amide bonds. The van der Waals surface area contributed by atoms with Crippen LogP contribution >= 0.6 is 0 Å². The van der Waals surface area contributed by atoms with Crippen LogP contribution < -0.4 is 5.73 Å². The van der Waals surface area contributed by atoms with Crippen molar-refractivity contribution in [1.29, 1.82) is 0 Å². The van der Waals surface area contributed by atoms with Gasteiger partial charge in [0, 0.05) is 25.6 Å². The first-order valence-corrected chi connectivity index (χ1v) is 6.91. The number of hydrogen-bond acceptors (Lipinski definition) is 4. The summed E-state index contributed by atoms with van der Waals surface area (Å²) in [7, 11) is 0. The van der Waals surface area contributed by atoms with Gasteiger partial charge in [0.15, 0.2) is 0 Å². The molecule has 0 saturated carbocycles. The van der Waals surface area contributed by atoms with Crippen molar-refractivity contribution in [3.05, 3.63) is 0 Å². The summed E-state index contributed by atoms with van der Waals surface area (Å²) >= 11 is 0. The molecule has 0 aromatic rings. The van der Waals surface area contributed by atoms with Crippen LogP contribution in [0, 0.1) is 11.8 Å². The van der Waals surface area contributed by atoms with Gasteiger partial charge in [0.1, 0.15) is 5.84 Å². The molecule has 3 N–H and O–H groups in total. The van der Waals surface area contributed by atoms with Crippen molar-refractivity contribution in [2.45, 2.75) is 33.1 Å². The first-order chi connectivity index (χ1) is 8.63. The van der Waals surface area contributed by atoms with Gasteiger partial charge in [0.2, 0.25) is 0 Å². The van der Waals surface area contributed by atoms with Crippen LogP contribution in [0.2, 0.25) is 0 Å². The molecule has 5 heteroatoms. The van der Waals surface area contributed by atoms with E-state index in [1.54, 1.807) is 0 Å². The highest BCUT2D eigenvalue weighted by molar-refractivity contribution is 5.82. The number of rotatable bonds is 7. The van der Waals surface area contributed by atoms with E-state index in [1.165, 1.54) is 0 Å². The molecule has 0 spiro atoms. The second-order valence-electron chi connectivity index (χ2n) is 5.46. The van der Waals surface area contributed by atoms with E-state index in [4.69, 9.17) is 15.7 Å². The summed E-state index contributed by atoms with van der Waals surface area (Å²) in [5, 5.41) is 11.8. The van der Waals surface area contributed by atoms with Crippen molar-refractivity contribution in [3.8, 4) is 0 Å². The van der Waals surface area contributed by atoms with Crippen molar-refractivity contribution in [1.82, 2.24) is 4.90 Å². The molecule has 0 bridgehead atoms. The minimum absolute atomic E-state index is 0.194. The van der Waals surface area contributed by atoms with Crippen molar-refractivity contribution in [2.75, 3.05) is 32.8 Å². The molecule has 0 radical (unpaired) electrons. The second kappa shape index (κ2) is 8.32. The van der Waals surface area contributed by atoms with Gasteiger partial charge in [-0.2, -0.15) is 0 Å². The first kappa shape index (κ1) is 15.2. The zero-order chi connectivity index (χ0) is 13.4. The molecule has 1 heterocycles. The molecular formula is C13H27N3O2. The normalized spacial score (nSPS) is 22.6. The van der Waals surface area contributed by atoms with Crippen molar-refractivity contribution in [3.63, 3.8) is 0 Å². The third-order valence-electron chi connectivity index (χ3n) is 3.43. The predicted octanol–water partition coefficient (Wildman–Crippen LogP) is 1.51. The summed E-state index contributed by atoms with van der Waals surface area (Å²) in [6.45, 7) is 8.93. The van der Waals surface area contributed by atoms with Gasteiger partial charge in [-0.15, -0.1) is 0 Å². The average Bonchev–Trinajstić information content (AvgIpc) is 2.37. The molecule has 1 aliphatic heterocycles. The Kier molecular flexibility index (Phi) is 7.05. The van der Waals surface area contributed by atoms with E-state index in [-0.39, 0.29) is 5.92 Å². The van der Waals surface area contributed by atoms with Gasteiger partial charge in [-0.3, -0.25) is 0 Å². The van der Waals surface area contributed by atoms with E-state index in [0.717, 1.165) is 52.1 Å². The van der Waals surface area contributed by atoms with Gasteiger partial charge in [0.05, 0.1) is 6.61 Å². The van der Waals surface area contributed by atoms with Crippen LogP contribution in [0.5, 0.6) is 0 Å². The molecule has 0 aliphatic carbocycles. The van der Waals surface area contributed by atoms with Gasteiger partial charge in [-0.05, 0) is 31.7 Å². The Morgan fingerprint density at radius 2 is 2.28 bits per heavy atom. The van der Waals surface area contributed by atoms with Crippen LogP contribution in [-0.2, 0) is 4.74 Å². The average molecular weight is 257 g/mol. The van der Waals surface area contributed by atoms with Crippen molar-refractivity contribution in [2.24, 2.45) is 22.7 Å². The number of nitrogens with two attached hydrogens (primary N) is 1. The maximum Gasteiger partial charge on any atom is 0.143 e. The highest BCUT2D eigenvalue weighted by Crippen LogP contribution is 2.16. The van der Waals surface area contributed by atoms with Crippen LogP contribution in [0.25, 0.3) is 0 Å². The molecule has 1 atom stereocenters. The third-order valence-corrected chi connectivity index (χ3v) is 3.43. The van der Waals surface area contributed by atoms with Gasteiger partial charge < -0.3 is 20.6 Å². The Hall–Kier alpha value is -0.810. The van der Waals surface area contributed by atoms with E-state index in [1.807, 2.05) is 0 Å². The number of likely N-dealkylation sites (tertiary alicyclic amines) is 1. The lowest BCUT2D eigenvalue weighted by molar-refractivity contribution is 0.0851. The minimum Gasteiger partial charge on any atom is -0.409 e. The van der Waals surface area contributed by atoms with Crippen LogP contribution in [0.4, 0.5) is 0 Å².